The van der Waals surface area contributed by atoms with Crippen molar-refractivity contribution >= 4 is 17.5 Å². The second-order valence-corrected chi connectivity index (χ2v) is 6.40. The molecule has 0 radical (unpaired) electrons. The lowest BCUT2D eigenvalue weighted by Crippen LogP contribution is -2.45. The highest BCUT2D eigenvalue weighted by atomic mass is 19.1. The van der Waals surface area contributed by atoms with Gasteiger partial charge in [0.05, 0.1) is 7.11 Å². The highest BCUT2D eigenvalue weighted by Crippen LogP contribution is 2.21. The van der Waals surface area contributed by atoms with Gasteiger partial charge in [-0.3, -0.25) is 9.59 Å². The molecule has 0 aliphatic heterocycles. The van der Waals surface area contributed by atoms with Crippen molar-refractivity contribution in [3.8, 4) is 5.75 Å². The first-order chi connectivity index (χ1) is 12.3. The number of methoxy groups -OCH3 is 1. The number of benzene rings is 2. The Morgan fingerprint density at radius 2 is 1.69 bits per heavy atom. The van der Waals surface area contributed by atoms with Crippen LogP contribution in [-0.4, -0.2) is 25.5 Å². The van der Waals surface area contributed by atoms with Gasteiger partial charge in [-0.05, 0) is 56.2 Å². The smallest absolute Gasteiger partial charge is 0.239 e. The van der Waals surface area contributed by atoms with Crippen LogP contribution >= 0.6 is 0 Å². The molecule has 0 aliphatic rings. The molecule has 0 fully saturated rings. The molecule has 5 nitrogen and oxygen atoms in total. The molecule has 2 rings (SSSR count). The van der Waals surface area contributed by atoms with Gasteiger partial charge >= 0.3 is 0 Å². The monoisotopic (exact) mass is 358 g/mol. The van der Waals surface area contributed by atoms with Crippen LogP contribution in [0.1, 0.15) is 19.4 Å². The van der Waals surface area contributed by atoms with E-state index in [9.17, 15) is 14.0 Å². The van der Waals surface area contributed by atoms with Crippen LogP contribution in [0.4, 0.5) is 10.1 Å². The molecule has 0 heterocycles. The van der Waals surface area contributed by atoms with E-state index >= 15 is 0 Å². The zero-order valence-corrected chi connectivity index (χ0v) is 15.1. The summed E-state index contributed by atoms with van der Waals surface area (Å²) in [7, 11) is 1.56. The number of amides is 2. The Hall–Kier alpha value is -2.89. The molecule has 138 valence electrons. The summed E-state index contributed by atoms with van der Waals surface area (Å²) < 4.78 is 18.7. The summed E-state index contributed by atoms with van der Waals surface area (Å²) in [6, 6.07) is 13.2. The average Bonchev–Trinajstić information content (AvgIpc) is 2.63. The number of hydrogen-bond acceptors (Lipinski definition) is 3. The van der Waals surface area contributed by atoms with E-state index in [0.717, 1.165) is 0 Å². The Balaban J connectivity index is 1.91. The Labute approximate surface area is 152 Å². The molecule has 2 aromatic carbocycles. The molecule has 0 aromatic heterocycles. The van der Waals surface area contributed by atoms with Gasteiger partial charge in [0.25, 0.3) is 0 Å². The third-order valence-electron chi connectivity index (χ3n) is 4.12. The number of ether oxygens (including phenoxy) is 1. The van der Waals surface area contributed by atoms with E-state index < -0.39 is 17.2 Å². The van der Waals surface area contributed by atoms with Gasteiger partial charge in [-0.1, -0.05) is 18.2 Å². The van der Waals surface area contributed by atoms with E-state index in [-0.39, 0.29) is 12.4 Å². The normalized spacial score (nSPS) is 10.9. The highest BCUT2D eigenvalue weighted by molar-refractivity contribution is 6.09. The molecule has 0 saturated carbocycles. The molecule has 0 aliphatic carbocycles. The molecular formula is C20H23FN2O3. The van der Waals surface area contributed by atoms with Crippen molar-refractivity contribution in [1.29, 1.82) is 0 Å². The van der Waals surface area contributed by atoms with Crippen molar-refractivity contribution in [2.45, 2.75) is 20.3 Å². The van der Waals surface area contributed by atoms with E-state index in [0.29, 0.717) is 23.4 Å². The molecule has 0 atom stereocenters. The van der Waals surface area contributed by atoms with E-state index in [1.54, 1.807) is 63.4 Å². The zero-order chi connectivity index (χ0) is 19.2. The van der Waals surface area contributed by atoms with Crippen LogP contribution in [0.3, 0.4) is 0 Å². The number of hydrogen-bond donors (Lipinski definition) is 2. The molecule has 0 spiro atoms. The van der Waals surface area contributed by atoms with Gasteiger partial charge in [-0.2, -0.15) is 0 Å². The average molecular weight is 358 g/mol. The lowest BCUT2D eigenvalue weighted by molar-refractivity contribution is -0.138. The second-order valence-electron chi connectivity index (χ2n) is 6.40. The third kappa shape index (κ3) is 4.81. The summed E-state index contributed by atoms with van der Waals surface area (Å²) in [5, 5.41) is 5.41. The fourth-order valence-electron chi connectivity index (χ4n) is 2.30. The summed E-state index contributed by atoms with van der Waals surface area (Å²) in [5.41, 5.74) is -0.175. The fourth-order valence-corrected chi connectivity index (χ4v) is 2.30. The number of carbonyl (C=O) groups is 2. The zero-order valence-electron chi connectivity index (χ0n) is 15.1. The summed E-state index contributed by atoms with van der Waals surface area (Å²) in [6.07, 6.45) is 0.356. The van der Waals surface area contributed by atoms with Crippen LogP contribution in [0.5, 0.6) is 5.75 Å². The minimum atomic E-state index is -1.27. The molecule has 0 bridgehead atoms. The van der Waals surface area contributed by atoms with Gasteiger partial charge < -0.3 is 15.4 Å². The van der Waals surface area contributed by atoms with E-state index in [4.69, 9.17) is 4.74 Å². The molecule has 0 unspecified atom stereocenters. The van der Waals surface area contributed by atoms with E-state index in [2.05, 4.69) is 10.6 Å². The Morgan fingerprint density at radius 1 is 1.04 bits per heavy atom. The lowest BCUT2D eigenvalue weighted by Gasteiger charge is -2.23. The van der Waals surface area contributed by atoms with Crippen LogP contribution in [0.2, 0.25) is 0 Å². The number of carbonyl (C=O) groups excluding carboxylic acids is 2. The minimum absolute atomic E-state index is 0.249. The summed E-state index contributed by atoms with van der Waals surface area (Å²) in [4.78, 5) is 24.8. The molecule has 6 heteroatoms. The second kappa shape index (κ2) is 8.47. The van der Waals surface area contributed by atoms with Crippen LogP contribution in [-0.2, 0) is 16.0 Å². The van der Waals surface area contributed by atoms with Gasteiger partial charge in [0, 0.05) is 12.2 Å². The predicted octanol–water partition coefficient (Wildman–Crippen LogP) is 3.16. The number of nitrogens with one attached hydrogen (secondary N) is 2. The quantitative estimate of drug-likeness (QED) is 0.747. The molecule has 0 saturated heterocycles. The summed E-state index contributed by atoms with van der Waals surface area (Å²) in [5.74, 6) is -0.475. The maximum Gasteiger partial charge on any atom is 0.239 e. The largest absolute Gasteiger partial charge is 0.497 e. The summed E-state index contributed by atoms with van der Waals surface area (Å²) in [6.45, 7) is 3.34. The van der Waals surface area contributed by atoms with Crippen molar-refractivity contribution < 1.29 is 18.7 Å². The maximum absolute atomic E-state index is 13.6. The molecule has 26 heavy (non-hydrogen) atoms. The van der Waals surface area contributed by atoms with Crippen molar-refractivity contribution in [2.75, 3.05) is 19.0 Å². The molecule has 2 N–H and O–H groups in total. The van der Waals surface area contributed by atoms with Crippen LogP contribution in [0.15, 0.2) is 48.5 Å². The first-order valence-corrected chi connectivity index (χ1v) is 8.32. The van der Waals surface area contributed by atoms with E-state index in [1.807, 2.05) is 0 Å². The SMILES string of the molecule is COc1ccc(NC(=O)C(C)(C)C(=O)NCCc2ccccc2F)cc1. The van der Waals surface area contributed by atoms with Crippen molar-refractivity contribution in [1.82, 2.24) is 5.32 Å². The number of halogens is 1. The maximum atomic E-state index is 13.6. The number of rotatable bonds is 7. The minimum Gasteiger partial charge on any atom is -0.497 e. The fraction of sp³-hybridized carbons (Fsp3) is 0.300. The Bertz CT molecular complexity index is 773. The van der Waals surface area contributed by atoms with Crippen LogP contribution in [0, 0.1) is 11.2 Å². The predicted molar refractivity (Wildman–Crippen MR) is 98.5 cm³/mol. The third-order valence-corrected chi connectivity index (χ3v) is 4.12. The van der Waals surface area contributed by atoms with Crippen molar-refractivity contribution in [2.24, 2.45) is 5.41 Å². The number of anilines is 1. The van der Waals surface area contributed by atoms with Gasteiger partial charge in [0.2, 0.25) is 11.8 Å². The standard InChI is InChI=1S/C20H23FN2O3/c1-20(2,19(25)23-15-8-10-16(26-3)11-9-15)18(24)22-13-12-14-6-4-5-7-17(14)21/h4-11H,12-13H2,1-3H3,(H,22,24)(H,23,25). The van der Waals surface area contributed by atoms with E-state index in [1.165, 1.54) is 6.07 Å². The van der Waals surface area contributed by atoms with Crippen LogP contribution < -0.4 is 15.4 Å². The Kier molecular flexibility index (Phi) is 6.33. The first kappa shape index (κ1) is 19.4. The lowest BCUT2D eigenvalue weighted by atomic mass is 9.91. The van der Waals surface area contributed by atoms with Gasteiger partial charge in [-0.25, -0.2) is 4.39 Å². The van der Waals surface area contributed by atoms with Gasteiger partial charge in [0.15, 0.2) is 0 Å². The van der Waals surface area contributed by atoms with Crippen molar-refractivity contribution in [3.05, 3.63) is 59.9 Å². The molecule has 2 amide bonds. The summed E-state index contributed by atoms with van der Waals surface area (Å²) >= 11 is 0. The Morgan fingerprint density at radius 3 is 2.31 bits per heavy atom. The topological polar surface area (TPSA) is 67.4 Å². The van der Waals surface area contributed by atoms with Crippen molar-refractivity contribution in [3.63, 3.8) is 0 Å². The van der Waals surface area contributed by atoms with Gasteiger partial charge in [-0.15, -0.1) is 0 Å². The highest BCUT2D eigenvalue weighted by Gasteiger charge is 2.35. The molecular weight excluding hydrogens is 335 g/mol. The molecule has 2 aromatic rings. The first-order valence-electron chi connectivity index (χ1n) is 8.32. The van der Waals surface area contributed by atoms with Gasteiger partial charge in [0.1, 0.15) is 17.0 Å². The van der Waals surface area contributed by atoms with Crippen LogP contribution in [0.25, 0.3) is 0 Å².